The lowest BCUT2D eigenvalue weighted by molar-refractivity contribution is 0.186. The predicted molar refractivity (Wildman–Crippen MR) is 152 cm³/mol. The molecule has 9 nitrogen and oxygen atoms in total. The summed E-state index contributed by atoms with van der Waals surface area (Å²) < 4.78 is 4.05. The maximum Gasteiger partial charge on any atom is 0.180 e. The van der Waals surface area contributed by atoms with Crippen LogP contribution in [0.3, 0.4) is 0 Å². The van der Waals surface area contributed by atoms with E-state index in [0.717, 1.165) is 70.9 Å². The number of hydrogen-bond donors (Lipinski definition) is 1. The monoisotopic (exact) mass is 520 g/mol. The highest BCUT2D eigenvalue weighted by Crippen LogP contribution is 2.37. The van der Waals surface area contributed by atoms with Crippen molar-refractivity contribution in [3.05, 3.63) is 66.2 Å². The molecule has 0 aliphatic carbocycles. The SMILES string of the molecule is CC(O)c1nc2cc(-c3c(-c4ccc(C#N)cc4)nc(N4CCC(N(C)C)CC4)c4nccn34)ccc2n1C. The second-order valence-corrected chi connectivity index (χ2v) is 10.5. The van der Waals surface area contributed by atoms with Crippen LogP contribution in [0.5, 0.6) is 0 Å². The summed E-state index contributed by atoms with van der Waals surface area (Å²) in [5, 5.41) is 19.6. The number of nitrogens with zero attached hydrogens (tertiary/aromatic N) is 8. The summed E-state index contributed by atoms with van der Waals surface area (Å²) in [5.41, 5.74) is 6.78. The Balaban J connectivity index is 1.55. The molecule has 4 heterocycles. The maximum absolute atomic E-state index is 10.2. The number of nitriles is 1. The molecule has 9 heteroatoms. The van der Waals surface area contributed by atoms with Crippen molar-refractivity contribution < 1.29 is 5.11 Å². The van der Waals surface area contributed by atoms with Crippen molar-refractivity contribution in [3.8, 4) is 28.6 Å². The second kappa shape index (κ2) is 9.80. The number of aliphatic hydroxyl groups is 1. The zero-order valence-corrected chi connectivity index (χ0v) is 22.7. The van der Waals surface area contributed by atoms with Crippen LogP contribution in [0, 0.1) is 11.3 Å². The molecule has 2 aromatic carbocycles. The molecule has 1 aliphatic heterocycles. The van der Waals surface area contributed by atoms with Crippen LogP contribution in [-0.2, 0) is 7.05 Å². The third-order valence-electron chi connectivity index (χ3n) is 7.87. The number of aryl methyl sites for hydroxylation is 1. The van der Waals surface area contributed by atoms with Crippen LogP contribution < -0.4 is 4.90 Å². The van der Waals surface area contributed by atoms with Gasteiger partial charge in [0.2, 0.25) is 0 Å². The van der Waals surface area contributed by atoms with Gasteiger partial charge in [-0.2, -0.15) is 5.26 Å². The lowest BCUT2D eigenvalue weighted by Crippen LogP contribution is -2.42. The molecule has 1 aliphatic rings. The average Bonchev–Trinajstić information content (AvgIpc) is 3.57. The highest BCUT2D eigenvalue weighted by Gasteiger charge is 2.26. The molecular formula is C30H32N8O. The number of aliphatic hydroxyl groups excluding tert-OH is 1. The zero-order valence-electron chi connectivity index (χ0n) is 22.7. The Morgan fingerprint density at radius 2 is 1.77 bits per heavy atom. The van der Waals surface area contributed by atoms with Gasteiger partial charge in [0.1, 0.15) is 11.9 Å². The summed E-state index contributed by atoms with van der Waals surface area (Å²) in [5.74, 6) is 1.49. The Morgan fingerprint density at radius 3 is 2.44 bits per heavy atom. The van der Waals surface area contributed by atoms with Crippen LogP contribution in [0.2, 0.25) is 0 Å². The molecule has 0 amide bonds. The average molecular weight is 521 g/mol. The Labute approximate surface area is 227 Å². The van der Waals surface area contributed by atoms with E-state index in [-0.39, 0.29) is 0 Å². The van der Waals surface area contributed by atoms with Crippen LogP contribution in [-0.4, -0.2) is 67.2 Å². The molecule has 0 bridgehead atoms. The van der Waals surface area contributed by atoms with E-state index in [1.165, 1.54) is 0 Å². The minimum Gasteiger partial charge on any atom is -0.385 e. The Bertz CT molecular complexity index is 1700. The van der Waals surface area contributed by atoms with E-state index < -0.39 is 6.10 Å². The Morgan fingerprint density at radius 1 is 1.05 bits per heavy atom. The first-order chi connectivity index (χ1) is 18.9. The molecule has 1 fully saturated rings. The maximum atomic E-state index is 10.2. The second-order valence-electron chi connectivity index (χ2n) is 10.5. The lowest BCUT2D eigenvalue weighted by Gasteiger charge is -2.36. The highest BCUT2D eigenvalue weighted by molar-refractivity contribution is 5.89. The van der Waals surface area contributed by atoms with Crippen LogP contribution >= 0.6 is 0 Å². The van der Waals surface area contributed by atoms with E-state index in [1.54, 1.807) is 6.92 Å². The van der Waals surface area contributed by atoms with Gasteiger partial charge in [0, 0.05) is 49.7 Å². The molecule has 6 rings (SSSR count). The van der Waals surface area contributed by atoms with Gasteiger partial charge in [0.15, 0.2) is 11.5 Å². The summed E-state index contributed by atoms with van der Waals surface area (Å²) in [6.45, 7) is 3.54. The van der Waals surface area contributed by atoms with Gasteiger partial charge in [-0.3, -0.25) is 4.40 Å². The third kappa shape index (κ3) is 4.32. The van der Waals surface area contributed by atoms with Crippen molar-refractivity contribution in [2.24, 2.45) is 7.05 Å². The zero-order chi connectivity index (χ0) is 27.3. The van der Waals surface area contributed by atoms with Gasteiger partial charge in [-0.15, -0.1) is 0 Å². The number of fused-ring (bicyclic) bond motifs is 2. The fourth-order valence-corrected chi connectivity index (χ4v) is 5.70. The number of hydrogen-bond acceptors (Lipinski definition) is 7. The molecular weight excluding hydrogens is 488 g/mol. The first-order valence-corrected chi connectivity index (χ1v) is 13.3. The van der Waals surface area contributed by atoms with Gasteiger partial charge in [-0.25, -0.2) is 15.0 Å². The fraction of sp³-hybridized carbons (Fsp3) is 0.333. The van der Waals surface area contributed by atoms with Crippen molar-refractivity contribution in [2.75, 3.05) is 32.1 Å². The molecule has 1 saturated heterocycles. The predicted octanol–water partition coefficient (Wildman–Crippen LogP) is 4.41. The van der Waals surface area contributed by atoms with Gasteiger partial charge >= 0.3 is 0 Å². The quantitative estimate of drug-likeness (QED) is 0.367. The molecule has 0 saturated carbocycles. The number of imidazole rings is 2. The molecule has 0 radical (unpaired) electrons. The summed E-state index contributed by atoms with van der Waals surface area (Å²) in [7, 11) is 6.21. The van der Waals surface area contributed by atoms with E-state index in [9.17, 15) is 10.4 Å². The van der Waals surface area contributed by atoms with E-state index in [4.69, 9.17) is 15.0 Å². The van der Waals surface area contributed by atoms with Crippen LogP contribution in [0.1, 0.15) is 37.3 Å². The smallest absolute Gasteiger partial charge is 0.180 e. The van der Waals surface area contributed by atoms with Crippen LogP contribution in [0.25, 0.3) is 39.2 Å². The summed E-state index contributed by atoms with van der Waals surface area (Å²) in [4.78, 5) is 19.4. The molecule has 0 spiro atoms. The van der Waals surface area contributed by atoms with Gasteiger partial charge in [-0.05, 0) is 58.1 Å². The first kappa shape index (κ1) is 25.0. The highest BCUT2D eigenvalue weighted by atomic mass is 16.3. The third-order valence-corrected chi connectivity index (χ3v) is 7.87. The largest absolute Gasteiger partial charge is 0.385 e. The number of rotatable bonds is 5. The topological polar surface area (TPSA) is 98.5 Å². The van der Waals surface area contributed by atoms with E-state index >= 15 is 0 Å². The summed E-state index contributed by atoms with van der Waals surface area (Å²) >= 11 is 0. The van der Waals surface area contributed by atoms with Crippen molar-refractivity contribution >= 4 is 22.5 Å². The minimum absolute atomic E-state index is 0.561. The van der Waals surface area contributed by atoms with Crippen LogP contribution in [0.4, 0.5) is 5.82 Å². The molecule has 3 aromatic heterocycles. The van der Waals surface area contributed by atoms with E-state index in [0.29, 0.717) is 17.4 Å². The van der Waals surface area contributed by atoms with Crippen molar-refractivity contribution in [2.45, 2.75) is 31.9 Å². The fourth-order valence-electron chi connectivity index (χ4n) is 5.70. The van der Waals surface area contributed by atoms with Gasteiger partial charge < -0.3 is 19.5 Å². The minimum atomic E-state index is -0.669. The van der Waals surface area contributed by atoms with Crippen molar-refractivity contribution in [1.82, 2.24) is 28.8 Å². The van der Waals surface area contributed by atoms with Gasteiger partial charge in [-0.1, -0.05) is 18.2 Å². The first-order valence-electron chi connectivity index (χ1n) is 13.3. The van der Waals surface area contributed by atoms with Crippen molar-refractivity contribution in [3.63, 3.8) is 0 Å². The number of benzene rings is 2. The molecule has 1 unspecified atom stereocenters. The van der Waals surface area contributed by atoms with E-state index in [2.05, 4.69) is 40.4 Å². The van der Waals surface area contributed by atoms with E-state index in [1.807, 2.05) is 60.4 Å². The molecule has 1 atom stereocenters. The molecule has 39 heavy (non-hydrogen) atoms. The normalized spacial score (nSPS) is 15.4. The molecule has 5 aromatic rings. The van der Waals surface area contributed by atoms with Gasteiger partial charge in [0.05, 0.1) is 34.1 Å². The molecule has 198 valence electrons. The lowest BCUT2D eigenvalue weighted by atomic mass is 10.0. The molecule has 1 N–H and O–H groups in total. The number of aromatic nitrogens is 5. The standard InChI is InChI=1S/C30H32N8O/c1-19(39)28-33-24-17-22(9-10-25(24)36(28)4)27-26(21-7-5-20(18-31)6-8-21)34-30(29-32-13-16-38(27)29)37-14-11-23(12-15-37)35(2)3/h5-10,13,16-17,19,23,39H,11-12,14-15H2,1-4H3. The van der Waals surface area contributed by atoms with Crippen molar-refractivity contribution in [1.29, 1.82) is 5.26 Å². The Kier molecular flexibility index (Phi) is 6.29. The number of anilines is 1. The summed E-state index contributed by atoms with van der Waals surface area (Å²) in [6.07, 6.45) is 5.27. The number of piperidine rings is 1. The van der Waals surface area contributed by atoms with Gasteiger partial charge in [0.25, 0.3) is 0 Å². The van der Waals surface area contributed by atoms with Crippen LogP contribution in [0.15, 0.2) is 54.9 Å². The Hall–Kier alpha value is -4.26. The summed E-state index contributed by atoms with van der Waals surface area (Å²) in [6, 6.07) is 16.5.